The van der Waals surface area contributed by atoms with Crippen LogP contribution >= 0.6 is 38.5 Å². The average Bonchev–Trinajstić information content (AvgIpc) is 2.84. The molecule has 0 aliphatic rings. The van der Waals surface area contributed by atoms with Crippen LogP contribution in [0.5, 0.6) is 17.2 Å². The molecule has 0 unspecified atom stereocenters. The van der Waals surface area contributed by atoms with Crippen molar-refractivity contribution in [1.82, 2.24) is 0 Å². The van der Waals surface area contributed by atoms with Crippen LogP contribution < -0.4 is 14.8 Å². The molecule has 188 valence electrons. The van der Waals surface area contributed by atoms with E-state index in [0.29, 0.717) is 15.7 Å². The summed E-state index contributed by atoms with van der Waals surface area (Å²) in [4.78, 5) is 33.6. The Balaban J connectivity index is 1.98. The van der Waals surface area contributed by atoms with Crippen LogP contribution in [0.3, 0.4) is 0 Å². The fraction of sp³-hybridized carbons (Fsp3) is 0.0833. The molecule has 0 aliphatic carbocycles. The fourth-order valence-corrected chi connectivity index (χ4v) is 4.16. The molecule has 0 heterocycles. The number of amides is 1. The molecular formula is C24H16BrIN4O7. The van der Waals surface area contributed by atoms with Gasteiger partial charge in [0.15, 0.2) is 11.5 Å². The number of benzene rings is 3. The van der Waals surface area contributed by atoms with Gasteiger partial charge in [0.1, 0.15) is 11.6 Å². The highest BCUT2D eigenvalue weighted by atomic mass is 127. The molecule has 0 fully saturated rings. The first kappa shape index (κ1) is 27.6. The van der Waals surface area contributed by atoms with Crippen LogP contribution in [0.2, 0.25) is 0 Å². The van der Waals surface area contributed by atoms with E-state index in [9.17, 15) is 30.3 Å². The minimum atomic E-state index is -0.792. The van der Waals surface area contributed by atoms with Crippen molar-refractivity contribution in [3.05, 3.63) is 94.0 Å². The second-order valence-corrected chi connectivity index (χ2v) is 9.27. The maximum Gasteiger partial charge on any atom is 0.318 e. The molecule has 0 saturated heterocycles. The largest absolute Gasteiger partial charge is 0.490 e. The number of non-ortho nitro benzene ring substituents is 1. The Bertz CT molecular complexity index is 1470. The Morgan fingerprint density at radius 2 is 1.89 bits per heavy atom. The molecule has 0 aromatic heterocycles. The number of ether oxygens (including phenoxy) is 2. The molecule has 1 amide bonds. The maximum atomic E-state index is 12.7. The molecule has 0 aliphatic heterocycles. The Morgan fingerprint density at radius 3 is 2.51 bits per heavy atom. The summed E-state index contributed by atoms with van der Waals surface area (Å²) in [7, 11) is 0. The zero-order valence-electron chi connectivity index (χ0n) is 18.9. The van der Waals surface area contributed by atoms with Gasteiger partial charge < -0.3 is 14.8 Å². The number of nitro groups is 2. The second-order valence-electron chi connectivity index (χ2n) is 7.17. The Kier molecular flexibility index (Phi) is 9.15. The van der Waals surface area contributed by atoms with Gasteiger partial charge in [-0.2, -0.15) is 5.26 Å². The first-order valence-corrected chi connectivity index (χ1v) is 12.3. The van der Waals surface area contributed by atoms with E-state index in [-0.39, 0.29) is 29.4 Å². The van der Waals surface area contributed by atoms with Crippen LogP contribution in [0.25, 0.3) is 6.08 Å². The summed E-state index contributed by atoms with van der Waals surface area (Å²) in [5.41, 5.74) is -0.298. The lowest BCUT2D eigenvalue weighted by molar-refractivity contribution is -0.394. The highest BCUT2D eigenvalue weighted by Crippen LogP contribution is 2.43. The van der Waals surface area contributed by atoms with E-state index in [4.69, 9.17) is 9.47 Å². The third-order valence-electron chi connectivity index (χ3n) is 4.65. The van der Waals surface area contributed by atoms with Crippen LogP contribution in [0, 0.1) is 35.1 Å². The molecule has 13 heteroatoms. The Morgan fingerprint density at radius 1 is 1.14 bits per heavy atom. The Hall–Kier alpha value is -4.03. The number of hydrogen-bond donors (Lipinski definition) is 1. The van der Waals surface area contributed by atoms with E-state index in [0.717, 1.165) is 21.8 Å². The number of carbonyl (C=O) groups excluding carboxylic acids is 1. The van der Waals surface area contributed by atoms with Crippen LogP contribution in [0.1, 0.15) is 12.5 Å². The molecule has 1 N–H and O–H groups in total. The summed E-state index contributed by atoms with van der Waals surface area (Å²) in [5, 5.41) is 34.7. The molecule has 0 atom stereocenters. The van der Waals surface area contributed by atoms with Crippen LogP contribution in [-0.4, -0.2) is 22.4 Å². The number of rotatable bonds is 9. The van der Waals surface area contributed by atoms with E-state index >= 15 is 0 Å². The summed E-state index contributed by atoms with van der Waals surface area (Å²) in [6, 6.07) is 15.0. The monoisotopic (exact) mass is 678 g/mol. The topological polar surface area (TPSA) is 158 Å². The molecule has 0 saturated carbocycles. The van der Waals surface area contributed by atoms with E-state index in [1.165, 1.54) is 18.2 Å². The van der Waals surface area contributed by atoms with Gasteiger partial charge in [-0.1, -0.05) is 6.07 Å². The summed E-state index contributed by atoms with van der Waals surface area (Å²) < 4.78 is 12.6. The van der Waals surface area contributed by atoms with E-state index < -0.39 is 27.1 Å². The minimum Gasteiger partial charge on any atom is -0.490 e. The number of nitrogens with one attached hydrogen (secondary N) is 1. The van der Waals surface area contributed by atoms with Crippen molar-refractivity contribution in [2.45, 2.75) is 6.92 Å². The summed E-state index contributed by atoms with van der Waals surface area (Å²) in [5.74, 6) is -0.626. The van der Waals surface area contributed by atoms with Crippen LogP contribution in [-0.2, 0) is 4.79 Å². The first-order chi connectivity index (χ1) is 17.6. The van der Waals surface area contributed by atoms with E-state index in [2.05, 4.69) is 43.8 Å². The standard InChI is InChI=1S/C24H16BrIN4O7/c1-2-36-22-10-14(8-15(13-27)24(31)28-17-5-3-4-16(26)11-17)9-19(25)23(22)37-21-7-6-18(29(32)33)12-20(21)30(34)35/h3-12H,2H2,1H3,(H,28,31)/b15-8+. The molecule has 3 rings (SSSR count). The van der Waals surface area contributed by atoms with Gasteiger partial charge in [-0.15, -0.1) is 0 Å². The van der Waals surface area contributed by atoms with Crippen molar-refractivity contribution in [3.8, 4) is 23.3 Å². The first-order valence-electron chi connectivity index (χ1n) is 10.4. The summed E-state index contributed by atoms with van der Waals surface area (Å²) in [6.07, 6.45) is 1.36. The average molecular weight is 679 g/mol. The molecule has 0 radical (unpaired) electrons. The van der Waals surface area contributed by atoms with Crippen molar-refractivity contribution in [3.63, 3.8) is 0 Å². The van der Waals surface area contributed by atoms with Crippen molar-refractivity contribution in [1.29, 1.82) is 5.26 Å². The predicted molar refractivity (Wildman–Crippen MR) is 147 cm³/mol. The van der Waals surface area contributed by atoms with Gasteiger partial charge in [-0.3, -0.25) is 25.0 Å². The van der Waals surface area contributed by atoms with E-state index in [1.807, 2.05) is 12.1 Å². The molecule has 3 aromatic rings. The fourth-order valence-electron chi connectivity index (χ4n) is 3.07. The number of nitro benzene ring substituents is 2. The lowest BCUT2D eigenvalue weighted by atomic mass is 10.1. The lowest BCUT2D eigenvalue weighted by Crippen LogP contribution is -2.13. The van der Waals surface area contributed by atoms with Gasteiger partial charge >= 0.3 is 5.69 Å². The minimum absolute atomic E-state index is 0.0674. The van der Waals surface area contributed by atoms with E-state index in [1.54, 1.807) is 25.1 Å². The van der Waals surface area contributed by atoms with Gasteiger partial charge in [0, 0.05) is 15.3 Å². The number of hydrogen-bond acceptors (Lipinski definition) is 8. The summed E-state index contributed by atoms with van der Waals surface area (Å²) >= 11 is 5.44. The number of nitriles is 1. The van der Waals surface area contributed by atoms with Crippen molar-refractivity contribution in [2.75, 3.05) is 11.9 Å². The maximum absolute atomic E-state index is 12.7. The second kappa shape index (κ2) is 12.3. The highest BCUT2D eigenvalue weighted by Gasteiger charge is 2.24. The molecule has 0 bridgehead atoms. The SMILES string of the molecule is CCOc1cc(/C=C(\C#N)C(=O)Nc2cccc(I)c2)cc(Br)c1Oc1ccc([N+](=O)[O-])cc1[N+](=O)[O-]. The van der Waals surface area contributed by atoms with Gasteiger partial charge in [-0.25, -0.2) is 0 Å². The van der Waals surface area contributed by atoms with Gasteiger partial charge in [-0.05, 0) is 93.5 Å². The molecule has 11 nitrogen and oxygen atoms in total. The van der Waals surface area contributed by atoms with Crippen molar-refractivity contribution < 1.29 is 24.1 Å². The molecule has 37 heavy (non-hydrogen) atoms. The van der Waals surface area contributed by atoms with Crippen molar-refractivity contribution >= 4 is 67.6 Å². The zero-order valence-corrected chi connectivity index (χ0v) is 22.7. The van der Waals surface area contributed by atoms with Gasteiger partial charge in [0.2, 0.25) is 5.75 Å². The quantitative estimate of drug-likeness (QED) is 0.0871. The number of anilines is 1. The third-order valence-corrected chi connectivity index (χ3v) is 5.91. The lowest BCUT2D eigenvalue weighted by Gasteiger charge is -2.14. The third kappa shape index (κ3) is 7.02. The number of nitrogens with zero attached hydrogens (tertiary/aromatic N) is 3. The van der Waals surface area contributed by atoms with Crippen LogP contribution in [0.15, 0.2) is 64.6 Å². The normalized spacial score (nSPS) is 10.8. The van der Waals surface area contributed by atoms with Gasteiger partial charge in [0.05, 0.1) is 27.0 Å². The predicted octanol–water partition coefficient (Wildman–Crippen LogP) is 6.61. The Labute approximate surface area is 232 Å². The highest BCUT2D eigenvalue weighted by molar-refractivity contribution is 14.1. The number of carbonyl (C=O) groups is 1. The van der Waals surface area contributed by atoms with Crippen molar-refractivity contribution in [2.24, 2.45) is 0 Å². The van der Waals surface area contributed by atoms with Gasteiger partial charge in [0.25, 0.3) is 11.6 Å². The number of halogens is 2. The zero-order chi connectivity index (χ0) is 27.1. The molecule has 0 spiro atoms. The molecular weight excluding hydrogens is 663 g/mol. The summed E-state index contributed by atoms with van der Waals surface area (Å²) in [6.45, 7) is 1.92. The smallest absolute Gasteiger partial charge is 0.318 e. The molecule has 3 aromatic carbocycles. The van der Waals surface area contributed by atoms with Crippen LogP contribution in [0.4, 0.5) is 17.1 Å².